The van der Waals surface area contributed by atoms with Crippen LogP contribution in [0.3, 0.4) is 0 Å². The van der Waals surface area contributed by atoms with E-state index in [-0.39, 0.29) is 24.5 Å². The second-order valence-electron chi connectivity index (χ2n) is 3.44. The summed E-state index contributed by atoms with van der Waals surface area (Å²) in [5, 5.41) is 10.1. The molecule has 19 heavy (non-hydrogen) atoms. The molecule has 0 aliphatic carbocycles. The Morgan fingerprint density at radius 2 is 2.00 bits per heavy atom. The lowest BCUT2D eigenvalue weighted by Crippen LogP contribution is -2.10. The van der Waals surface area contributed by atoms with Gasteiger partial charge in [-0.3, -0.25) is 4.57 Å². The number of esters is 1. The predicted molar refractivity (Wildman–Crippen MR) is 65.9 cm³/mol. The molecule has 1 aromatic heterocycles. The van der Waals surface area contributed by atoms with Gasteiger partial charge in [-0.05, 0) is 19.9 Å². The normalized spacial score (nSPS) is 13.3. The van der Waals surface area contributed by atoms with Crippen molar-refractivity contribution in [3.05, 3.63) is 23.7 Å². The maximum absolute atomic E-state index is 12.4. The quantitative estimate of drug-likeness (QED) is 0.608. The Labute approximate surface area is 111 Å². The van der Waals surface area contributed by atoms with E-state index in [1.54, 1.807) is 13.8 Å². The average Bonchev–Trinajstić information content (AvgIpc) is 2.86. The van der Waals surface area contributed by atoms with Gasteiger partial charge in [-0.15, -0.1) is 0 Å². The summed E-state index contributed by atoms with van der Waals surface area (Å²) < 4.78 is 31.9. The smallest absolute Gasteiger partial charge is 0.366 e. The first-order valence-electron chi connectivity index (χ1n) is 5.72. The first-order chi connectivity index (χ1) is 9.00. The standard InChI is InChI=1S/C11H17O7P/c1-4-17-19(14,18-5-2)11(13)9-8(6-7-16-9)10(12)15-3/h6-7,11,13H,4-5H2,1-3H3. The van der Waals surface area contributed by atoms with E-state index in [9.17, 15) is 14.5 Å². The summed E-state index contributed by atoms with van der Waals surface area (Å²) in [6.45, 7) is 3.40. The Hall–Kier alpha value is -1.14. The van der Waals surface area contributed by atoms with Crippen molar-refractivity contribution in [3.8, 4) is 0 Å². The average molecular weight is 292 g/mol. The van der Waals surface area contributed by atoms with E-state index in [2.05, 4.69) is 4.74 Å². The molecule has 0 saturated heterocycles. The molecule has 0 spiro atoms. The van der Waals surface area contributed by atoms with Crippen LogP contribution in [-0.2, 0) is 18.3 Å². The van der Waals surface area contributed by atoms with E-state index in [0.29, 0.717) is 0 Å². The fraction of sp³-hybridized carbons (Fsp3) is 0.545. The van der Waals surface area contributed by atoms with Crippen molar-refractivity contribution < 1.29 is 32.7 Å². The molecule has 1 N–H and O–H groups in total. The van der Waals surface area contributed by atoms with Crippen LogP contribution in [0.25, 0.3) is 0 Å². The van der Waals surface area contributed by atoms with Crippen LogP contribution in [-0.4, -0.2) is 31.4 Å². The highest BCUT2D eigenvalue weighted by atomic mass is 31.2. The van der Waals surface area contributed by atoms with E-state index in [0.717, 1.165) is 0 Å². The summed E-state index contributed by atoms with van der Waals surface area (Å²) in [7, 11) is -2.63. The van der Waals surface area contributed by atoms with Crippen LogP contribution >= 0.6 is 7.60 Å². The third-order valence-electron chi connectivity index (χ3n) is 2.25. The molecule has 0 amide bonds. The molecule has 1 rings (SSSR count). The molecule has 0 fully saturated rings. The van der Waals surface area contributed by atoms with Crippen molar-refractivity contribution >= 4 is 13.6 Å². The number of carbonyl (C=O) groups is 1. The van der Waals surface area contributed by atoms with Crippen molar-refractivity contribution in [2.24, 2.45) is 0 Å². The lowest BCUT2D eigenvalue weighted by Gasteiger charge is -2.21. The van der Waals surface area contributed by atoms with Crippen molar-refractivity contribution in [1.82, 2.24) is 0 Å². The topological polar surface area (TPSA) is 95.2 Å². The van der Waals surface area contributed by atoms with Gasteiger partial charge < -0.3 is 23.3 Å². The first kappa shape index (κ1) is 15.9. The number of carbonyl (C=O) groups excluding carboxylic acids is 1. The number of rotatable bonds is 7. The number of aliphatic hydroxyl groups is 1. The third-order valence-corrected chi connectivity index (χ3v) is 4.32. The molecule has 1 aromatic rings. The molecule has 0 saturated carbocycles. The van der Waals surface area contributed by atoms with E-state index in [1.165, 1.54) is 19.4 Å². The highest BCUT2D eigenvalue weighted by molar-refractivity contribution is 7.54. The van der Waals surface area contributed by atoms with Gasteiger partial charge >= 0.3 is 13.6 Å². The largest absolute Gasteiger partial charge is 0.465 e. The van der Waals surface area contributed by atoms with E-state index in [4.69, 9.17) is 13.5 Å². The Morgan fingerprint density at radius 1 is 1.42 bits per heavy atom. The zero-order chi connectivity index (χ0) is 14.5. The summed E-state index contributed by atoms with van der Waals surface area (Å²) >= 11 is 0. The molecule has 1 unspecified atom stereocenters. The van der Waals surface area contributed by atoms with Gasteiger partial charge in [0, 0.05) is 0 Å². The van der Waals surface area contributed by atoms with Crippen LogP contribution in [0.4, 0.5) is 0 Å². The number of furan rings is 1. The van der Waals surface area contributed by atoms with E-state index in [1.807, 2.05) is 0 Å². The fourth-order valence-corrected chi connectivity index (χ4v) is 3.05. The lowest BCUT2D eigenvalue weighted by atomic mass is 10.2. The minimum Gasteiger partial charge on any atom is -0.465 e. The molecule has 108 valence electrons. The maximum Gasteiger partial charge on any atom is 0.366 e. The van der Waals surface area contributed by atoms with Crippen LogP contribution < -0.4 is 0 Å². The molecule has 8 heteroatoms. The SMILES string of the molecule is CCOP(=O)(OCC)C(O)c1occc1C(=O)OC. The van der Waals surface area contributed by atoms with Gasteiger partial charge in [0.05, 0.1) is 26.6 Å². The van der Waals surface area contributed by atoms with Crippen LogP contribution in [0, 0.1) is 0 Å². The van der Waals surface area contributed by atoms with Crippen LogP contribution in [0.5, 0.6) is 0 Å². The first-order valence-corrected chi connectivity index (χ1v) is 7.33. The van der Waals surface area contributed by atoms with Gasteiger partial charge in [-0.1, -0.05) is 0 Å². The Balaban J connectivity index is 3.10. The molecule has 0 aliphatic heterocycles. The number of hydrogen-bond acceptors (Lipinski definition) is 7. The molecule has 0 aromatic carbocycles. The summed E-state index contributed by atoms with van der Waals surface area (Å²) in [5.74, 6) is -2.59. The zero-order valence-corrected chi connectivity index (χ0v) is 11.9. The summed E-state index contributed by atoms with van der Waals surface area (Å²) in [5.41, 5.74) is -0.0189. The molecule has 1 heterocycles. The number of methoxy groups -OCH3 is 1. The molecule has 0 aliphatic rings. The third kappa shape index (κ3) is 3.45. The van der Waals surface area contributed by atoms with Crippen molar-refractivity contribution in [3.63, 3.8) is 0 Å². The Kier molecular flexibility index (Phi) is 5.75. The second kappa shape index (κ2) is 6.86. The van der Waals surface area contributed by atoms with Gasteiger partial charge in [0.1, 0.15) is 5.56 Å². The van der Waals surface area contributed by atoms with Gasteiger partial charge in [0.15, 0.2) is 5.76 Å². The molecule has 1 atom stereocenters. The van der Waals surface area contributed by atoms with Gasteiger partial charge in [0.25, 0.3) is 0 Å². The summed E-state index contributed by atoms with van der Waals surface area (Å²) in [6.07, 6.45) is 1.19. The molecular weight excluding hydrogens is 275 g/mol. The van der Waals surface area contributed by atoms with Crippen LogP contribution in [0.15, 0.2) is 16.7 Å². The predicted octanol–water partition coefficient (Wildman–Crippen LogP) is 2.32. The minimum atomic E-state index is -3.82. The molecule has 0 radical (unpaired) electrons. The molecular formula is C11H17O7P. The fourth-order valence-electron chi connectivity index (χ4n) is 1.48. The number of aliphatic hydroxyl groups excluding tert-OH is 1. The number of ether oxygens (including phenoxy) is 1. The highest BCUT2D eigenvalue weighted by Gasteiger charge is 2.40. The molecule has 0 bridgehead atoms. The van der Waals surface area contributed by atoms with E-state index >= 15 is 0 Å². The van der Waals surface area contributed by atoms with Crippen molar-refractivity contribution in [1.29, 1.82) is 0 Å². The number of hydrogen-bond donors (Lipinski definition) is 1. The van der Waals surface area contributed by atoms with Crippen LogP contribution in [0.1, 0.15) is 35.8 Å². The molecule has 7 nitrogen and oxygen atoms in total. The maximum atomic E-state index is 12.4. The zero-order valence-electron chi connectivity index (χ0n) is 11.0. The van der Waals surface area contributed by atoms with Gasteiger partial charge in [-0.25, -0.2) is 4.79 Å². The van der Waals surface area contributed by atoms with Crippen LogP contribution in [0.2, 0.25) is 0 Å². The van der Waals surface area contributed by atoms with Crippen molar-refractivity contribution in [2.45, 2.75) is 19.7 Å². The van der Waals surface area contributed by atoms with Gasteiger partial charge in [0.2, 0.25) is 5.85 Å². The second-order valence-corrected chi connectivity index (χ2v) is 5.52. The highest BCUT2D eigenvalue weighted by Crippen LogP contribution is 2.60. The van der Waals surface area contributed by atoms with Crippen molar-refractivity contribution in [2.75, 3.05) is 20.3 Å². The van der Waals surface area contributed by atoms with E-state index < -0.39 is 19.4 Å². The summed E-state index contributed by atoms with van der Waals surface area (Å²) in [4.78, 5) is 11.5. The summed E-state index contributed by atoms with van der Waals surface area (Å²) in [6, 6.07) is 1.31. The van der Waals surface area contributed by atoms with Gasteiger partial charge in [-0.2, -0.15) is 0 Å². The Bertz CT molecular complexity index is 457. The lowest BCUT2D eigenvalue weighted by molar-refractivity contribution is 0.0592. The Morgan fingerprint density at radius 3 is 2.47 bits per heavy atom. The minimum absolute atomic E-state index is 0.0189. The monoisotopic (exact) mass is 292 g/mol.